The zero-order valence-electron chi connectivity index (χ0n) is 14.5. The molecule has 1 amide bonds. The van der Waals surface area contributed by atoms with E-state index in [2.05, 4.69) is 5.32 Å². The molecule has 26 heavy (non-hydrogen) atoms. The highest BCUT2D eigenvalue weighted by atomic mass is 35.5. The van der Waals surface area contributed by atoms with Crippen molar-refractivity contribution in [2.75, 3.05) is 19.0 Å². The van der Waals surface area contributed by atoms with Gasteiger partial charge in [-0.05, 0) is 49.4 Å². The SMILES string of the molecule is COc1ccc(OCCC(=O)OC(C)C(=O)Nc2cccc(Cl)c2)cc1. The van der Waals surface area contributed by atoms with Crippen LogP contribution in [-0.2, 0) is 14.3 Å². The molecule has 2 aromatic carbocycles. The Morgan fingerprint density at radius 3 is 2.46 bits per heavy atom. The first-order valence-electron chi connectivity index (χ1n) is 8.00. The number of halogens is 1. The van der Waals surface area contributed by atoms with E-state index >= 15 is 0 Å². The third-order valence-corrected chi connectivity index (χ3v) is 3.64. The van der Waals surface area contributed by atoms with E-state index in [0.717, 1.165) is 5.75 Å². The lowest BCUT2D eigenvalue weighted by Crippen LogP contribution is -2.30. The number of rotatable bonds is 8. The molecule has 2 rings (SSSR count). The first-order valence-corrected chi connectivity index (χ1v) is 8.38. The molecule has 1 atom stereocenters. The molecule has 0 aliphatic carbocycles. The van der Waals surface area contributed by atoms with E-state index in [1.165, 1.54) is 6.92 Å². The Balaban J connectivity index is 1.72. The van der Waals surface area contributed by atoms with E-state index < -0.39 is 18.0 Å². The standard InChI is InChI=1S/C19H20ClNO5/c1-13(19(23)21-15-5-3-4-14(20)12-15)26-18(22)10-11-25-17-8-6-16(24-2)7-9-17/h3-9,12-13H,10-11H2,1-2H3,(H,21,23). The summed E-state index contributed by atoms with van der Waals surface area (Å²) in [6.45, 7) is 1.65. The second kappa shape index (κ2) is 9.68. The Bertz CT molecular complexity index is 748. The number of ether oxygens (including phenoxy) is 3. The van der Waals surface area contributed by atoms with Crippen molar-refractivity contribution in [1.82, 2.24) is 0 Å². The van der Waals surface area contributed by atoms with E-state index in [4.69, 9.17) is 25.8 Å². The number of anilines is 1. The van der Waals surface area contributed by atoms with E-state index in [0.29, 0.717) is 16.5 Å². The Kier molecular flexibility index (Phi) is 7.29. The molecule has 0 aliphatic rings. The van der Waals surface area contributed by atoms with Crippen LogP contribution in [0.5, 0.6) is 11.5 Å². The summed E-state index contributed by atoms with van der Waals surface area (Å²) in [5, 5.41) is 3.14. The summed E-state index contributed by atoms with van der Waals surface area (Å²) >= 11 is 5.86. The van der Waals surface area contributed by atoms with Gasteiger partial charge in [-0.25, -0.2) is 0 Å². The van der Waals surface area contributed by atoms with Crippen LogP contribution >= 0.6 is 11.6 Å². The number of hydrogen-bond donors (Lipinski definition) is 1. The lowest BCUT2D eigenvalue weighted by molar-refractivity contribution is -0.153. The van der Waals surface area contributed by atoms with Gasteiger partial charge in [-0.2, -0.15) is 0 Å². The molecule has 0 heterocycles. The normalized spacial score (nSPS) is 11.3. The summed E-state index contributed by atoms with van der Waals surface area (Å²) in [6.07, 6.45) is -0.900. The maximum absolute atomic E-state index is 12.0. The van der Waals surface area contributed by atoms with Crippen molar-refractivity contribution in [3.63, 3.8) is 0 Å². The smallest absolute Gasteiger partial charge is 0.310 e. The number of methoxy groups -OCH3 is 1. The molecular weight excluding hydrogens is 358 g/mol. The minimum absolute atomic E-state index is 0.0286. The van der Waals surface area contributed by atoms with Gasteiger partial charge >= 0.3 is 5.97 Å². The number of esters is 1. The van der Waals surface area contributed by atoms with Crippen LogP contribution in [0.4, 0.5) is 5.69 Å². The monoisotopic (exact) mass is 377 g/mol. The zero-order chi connectivity index (χ0) is 18.9. The van der Waals surface area contributed by atoms with E-state index in [1.54, 1.807) is 55.6 Å². The third-order valence-electron chi connectivity index (χ3n) is 3.40. The maximum Gasteiger partial charge on any atom is 0.310 e. The predicted octanol–water partition coefficient (Wildman–Crippen LogP) is 3.69. The van der Waals surface area contributed by atoms with Crippen LogP contribution in [0.25, 0.3) is 0 Å². The topological polar surface area (TPSA) is 73.9 Å². The Labute approximate surface area is 157 Å². The molecule has 0 saturated heterocycles. The average molecular weight is 378 g/mol. The van der Waals surface area contributed by atoms with Crippen molar-refractivity contribution in [1.29, 1.82) is 0 Å². The summed E-state index contributed by atoms with van der Waals surface area (Å²) in [7, 11) is 1.58. The molecule has 0 aliphatic heterocycles. The highest BCUT2D eigenvalue weighted by Gasteiger charge is 2.18. The van der Waals surface area contributed by atoms with Crippen LogP contribution < -0.4 is 14.8 Å². The fourth-order valence-corrected chi connectivity index (χ4v) is 2.23. The van der Waals surface area contributed by atoms with Crippen LogP contribution in [0.1, 0.15) is 13.3 Å². The van der Waals surface area contributed by atoms with Crippen molar-refractivity contribution in [3.8, 4) is 11.5 Å². The Morgan fingerprint density at radius 2 is 1.81 bits per heavy atom. The lowest BCUT2D eigenvalue weighted by atomic mass is 10.3. The van der Waals surface area contributed by atoms with Gasteiger partial charge in [0, 0.05) is 10.7 Å². The summed E-state index contributed by atoms with van der Waals surface area (Å²) < 4.78 is 15.6. The number of nitrogens with one attached hydrogen (secondary N) is 1. The molecule has 1 unspecified atom stereocenters. The van der Waals surface area contributed by atoms with Crippen LogP contribution in [0.15, 0.2) is 48.5 Å². The van der Waals surface area contributed by atoms with E-state index in [-0.39, 0.29) is 13.0 Å². The van der Waals surface area contributed by atoms with Gasteiger partial charge in [0.25, 0.3) is 5.91 Å². The number of amides is 1. The summed E-state index contributed by atoms with van der Waals surface area (Å²) in [4.78, 5) is 23.9. The van der Waals surface area contributed by atoms with Gasteiger partial charge in [-0.15, -0.1) is 0 Å². The highest BCUT2D eigenvalue weighted by Crippen LogP contribution is 2.17. The Morgan fingerprint density at radius 1 is 1.12 bits per heavy atom. The van der Waals surface area contributed by atoms with Crippen LogP contribution in [0.3, 0.4) is 0 Å². The molecule has 138 valence electrons. The summed E-state index contributed by atoms with van der Waals surface area (Å²) in [6, 6.07) is 13.7. The van der Waals surface area contributed by atoms with Gasteiger partial charge in [-0.3, -0.25) is 9.59 Å². The van der Waals surface area contributed by atoms with Gasteiger partial charge in [-0.1, -0.05) is 17.7 Å². The largest absolute Gasteiger partial charge is 0.497 e. The fourth-order valence-electron chi connectivity index (χ4n) is 2.04. The van der Waals surface area contributed by atoms with Crippen LogP contribution in [0.2, 0.25) is 5.02 Å². The van der Waals surface area contributed by atoms with Gasteiger partial charge in [0.15, 0.2) is 6.10 Å². The molecule has 0 spiro atoms. The molecule has 2 aromatic rings. The minimum atomic E-state index is -0.928. The molecule has 7 heteroatoms. The van der Waals surface area contributed by atoms with Crippen molar-refractivity contribution in [2.24, 2.45) is 0 Å². The minimum Gasteiger partial charge on any atom is -0.497 e. The maximum atomic E-state index is 12.0. The van der Waals surface area contributed by atoms with Gasteiger partial charge in [0.1, 0.15) is 11.5 Å². The number of benzene rings is 2. The van der Waals surface area contributed by atoms with Crippen LogP contribution in [0, 0.1) is 0 Å². The first-order chi connectivity index (χ1) is 12.5. The van der Waals surface area contributed by atoms with Crippen molar-refractivity contribution in [2.45, 2.75) is 19.4 Å². The number of carbonyl (C=O) groups excluding carboxylic acids is 2. The first kappa shape index (κ1) is 19.6. The molecule has 0 bridgehead atoms. The van der Waals surface area contributed by atoms with E-state index in [9.17, 15) is 9.59 Å². The van der Waals surface area contributed by atoms with Crippen molar-refractivity contribution in [3.05, 3.63) is 53.6 Å². The zero-order valence-corrected chi connectivity index (χ0v) is 15.3. The van der Waals surface area contributed by atoms with Gasteiger partial charge in [0.2, 0.25) is 0 Å². The number of hydrogen-bond acceptors (Lipinski definition) is 5. The lowest BCUT2D eigenvalue weighted by Gasteiger charge is -2.14. The van der Waals surface area contributed by atoms with E-state index in [1.807, 2.05) is 0 Å². The second-order valence-corrected chi connectivity index (χ2v) is 5.84. The molecule has 0 aromatic heterocycles. The highest BCUT2D eigenvalue weighted by molar-refractivity contribution is 6.30. The third kappa shape index (κ3) is 6.29. The Hall–Kier alpha value is -2.73. The summed E-state index contributed by atoms with van der Waals surface area (Å²) in [5.74, 6) is 0.380. The molecule has 0 radical (unpaired) electrons. The molecule has 1 N–H and O–H groups in total. The summed E-state index contributed by atoms with van der Waals surface area (Å²) in [5.41, 5.74) is 0.535. The average Bonchev–Trinajstić information content (AvgIpc) is 2.62. The molecule has 0 fully saturated rings. The van der Waals surface area contributed by atoms with Gasteiger partial charge < -0.3 is 19.5 Å². The molecule has 6 nitrogen and oxygen atoms in total. The fraction of sp³-hybridized carbons (Fsp3) is 0.263. The quantitative estimate of drug-likeness (QED) is 0.710. The molecule has 0 saturated carbocycles. The van der Waals surface area contributed by atoms with Crippen molar-refractivity contribution >= 4 is 29.2 Å². The number of carbonyl (C=O) groups is 2. The predicted molar refractivity (Wildman–Crippen MR) is 98.7 cm³/mol. The second-order valence-electron chi connectivity index (χ2n) is 5.41. The van der Waals surface area contributed by atoms with Crippen LogP contribution in [-0.4, -0.2) is 31.7 Å². The van der Waals surface area contributed by atoms with Gasteiger partial charge in [0.05, 0.1) is 20.1 Å². The van der Waals surface area contributed by atoms with Crippen molar-refractivity contribution < 1.29 is 23.8 Å². The molecular formula is C19H20ClNO5.